The highest BCUT2D eigenvalue weighted by atomic mass is 16.5. The van der Waals surface area contributed by atoms with Crippen molar-refractivity contribution in [3.8, 4) is 0 Å². The summed E-state index contributed by atoms with van der Waals surface area (Å²) in [6.45, 7) is 8.48. The first-order valence-electron chi connectivity index (χ1n) is 5.95. The molecule has 1 aliphatic heterocycles. The molecule has 4 nitrogen and oxygen atoms in total. The van der Waals surface area contributed by atoms with Crippen LogP contribution in [0.5, 0.6) is 0 Å². The molecule has 2 N–H and O–H groups in total. The van der Waals surface area contributed by atoms with E-state index in [-0.39, 0.29) is 11.9 Å². The van der Waals surface area contributed by atoms with Gasteiger partial charge in [0.2, 0.25) is 5.91 Å². The molecule has 0 radical (unpaired) electrons. The smallest absolute Gasteiger partial charge is 0.237 e. The predicted octanol–water partition coefficient (Wildman–Crippen LogP) is 0.693. The summed E-state index contributed by atoms with van der Waals surface area (Å²) in [7, 11) is 0. The third-order valence-electron chi connectivity index (χ3n) is 2.83. The zero-order valence-corrected chi connectivity index (χ0v) is 10.00. The second kappa shape index (κ2) is 7.41. The molecule has 0 saturated carbocycles. The van der Waals surface area contributed by atoms with E-state index in [9.17, 15) is 4.79 Å². The van der Waals surface area contributed by atoms with Gasteiger partial charge in [-0.05, 0) is 25.3 Å². The lowest BCUT2D eigenvalue weighted by molar-refractivity contribution is -0.123. The summed E-state index contributed by atoms with van der Waals surface area (Å²) < 4.78 is 5.31. The van der Waals surface area contributed by atoms with Gasteiger partial charge in [-0.25, -0.2) is 0 Å². The summed E-state index contributed by atoms with van der Waals surface area (Å²) in [5.74, 6) is 0.527. The summed E-state index contributed by atoms with van der Waals surface area (Å²) in [4.78, 5) is 11.7. The Morgan fingerprint density at radius 2 is 2.44 bits per heavy atom. The van der Waals surface area contributed by atoms with E-state index in [2.05, 4.69) is 24.1 Å². The highest BCUT2D eigenvalue weighted by molar-refractivity contribution is 5.82. The molecular formula is C12H22N2O2. The summed E-state index contributed by atoms with van der Waals surface area (Å²) in [5.41, 5.74) is 0. The Kier molecular flexibility index (Phi) is 6.11. The minimum absolute atomic E-state index is 0.0202. The first kappa shape index (κ1) is 13.2. The van der Waals surface area contributed by atoms with Gasteiger partial charge in [0.15, 0.2) is 0 Å². The van der Waals surface area contributed by atoms with Crippen molar-refractivity contribution < 1.29 is 9.53 Å². The van der Waals surface area contributed by atoms with E-state index in [4.69, 9.17) is 4.74 Å². The van der Waals surface area contributed by atoms with Crippen LogP contribution in [0.15, 0.2) is 12.7 Å². The van der Waals surface area contributed by atoms with E-state index in [1.807, 2.05) is 6.08 Å². The van der Waals surface area contributed by atoms with E-state index < -0.39 is 0 Å². The van der Waals surface area contributed by atoms with Gasteiger partial charge in [0.25, 0.3) is 0 Å². The molecule has 2 unspecified atom stereocenters. The van der Waals surface area contributed by atoms with Crippen LogP contribution in [0.1, 0.15) is 19.8 Å². The van der Waals surface area contributed by atoms with Crippen molar-refractivity contribution in [2.75, 3.05) is 26.3 Å². The van der Waals surface area contributed by atoms with E-state index in [0.717, 1.165) is 19.4 Å². The van der Waals surface area contributed by atoms with Crippen molar-refractivity contribution in [2.24, 2.45) is 5.92 Å². The maximum absolute atomic E-state index is 11.7. The zero-order chi connectivity index (χ0) is 11.8. The lowest BCUT2D eigenvalue weighted by atomic mass is 10.0. The van der Waals surface area contributed by atoms with Crippen molar-refractivity contribution in [1.82, 2.24) is 10.6 Å². The number of nitrogens with one attached hydrogen (secondary N) is 2. The molecule has 1 rings (SSSR count). The molecule has 0 aliphatic carbocycles. The Bertz CT molecular complexity index is 231. The van der Waals surface area contributed by atoms with Gasteiger partial charge >= 0.3 is 0 Å². The first-order chi connectivity index (χ1) is 7.75. The maximum atomic E-state index is 11.7. The number of ether oxygens (including phenoxy) is 1. The molecule has 16 heavy (non-hydrogen) atoms. The molecule has 1 fully saturated rings. The first-order valence-corrected chi connectivity index (χ1v) is 5.95. The maximum Gasteiger partial charge on any atom is 0.237 e. The van der Waals surface area contributed by atoms with Crippen LogP contribution in [0, 0.1) is 5.92 Å². The molecule has 0 bridgehead atoms. The molecule has 4 heteroatoms. The average molecular weight is 226 g/mol. The Morgan fingerprint density at radius 3 is 3.06 bits per heavy atom. The highest BCUT2D eigenvalue weighted by Crippen LogP contribution is 2.13. The number of amides is 1. The van der Waals surface area contributed by atoms with E-state index in [1.54, 1.807) is 0 Å². The SMILES string of the molecule is C=CCCOCCNC(=O)C1NCCC1C. The average Bonchev–Trinajstić information content (AvgIpc) is 2.69. The van der Waals surface area contributed by atoms with Gasteiger partial charge in [0, 0.05) is 6.54 Å². The predicted molar refractivity (Wildman–Crippen MR) is 64.2 cm³/mol. The minimum Gasteiger partial charge on any atom is -0.379 e. The molecule has 1 aliphatic rings. The van der Waals surface area contributed by atoms with Crippen LogP contribution in [-0.4, -0.2) is 38.3 Å². The Morgan fingerprint density at radius 1 is 1.62 bits per heavy atom. The molecule has 0 aromatic carbocycles. The standard InChI is InChI=1S/C12H22N2O2/c1-3-4-8-16-9-7-14-12(15)11-10(2)5-6-13-11/h3,10-11,13H,1,4-9H2,2H3,(H,14,15). The second-order valence-electron chi connectivity index (χ2n) is 4.18. The van der Waals surface area contributed by atoms with E-state index >= 15 is 0 Å². The molecule has 0 aromatic rings. The Balaban J connectivity index is 2.04. The van der Waals surface area contributed by atoms with Gasteiger partial charge in [-0.2, -0.15) is 0 Å². The van der Waals surface area contributed by atoms with Gasteiger partial charge in [0.05, 0.1) is 19.3 Å². The minimum atomic E-state index is -0.0202. The number of carbonyl (C=O) groups excluding carboxylic acids is 1. The van der Waals surface area contributed by atoms with Crippen LogP contribution < -0.4 is 10.6 Å². The van der Waals surface area contributed by atoms with Gasteiger partial charge in [-0.3, -0.25) is 4.79 Å². The van der Waals surface area contributed by atoms with Gasteiger partial charge in [-0.15, -0.1) is 6.58 Å². The Hall–Kier alpha value is -0.870. The van der Waals surface area contributed by atoms with Crippen molar-refractivity contribution in [1.29, 1.82) is 0 Å². The normalized spacial score (nSPS) is 24.3. The topological polar surface area (TPSA) is 50.4 Å². The highest BCUT2D eigenvalue weighted by Gasteiger charge is 2.28. The fourth-order valence-corrected chi connectivity index (χ4v) is 1.81. The molecule has 92 valence electrons. The summed E-state index contributed by atoms with van der Waals surface area (Å²) in [6.07, 6.45) is 3.76. The van der Waals surface area contributed by atoms with E-state index in [1.165, 1.54) is 0 Å². The lowest BCUT2D eigenvalue weighted by Gasteiger charge is -2.15. The van der Waals surface area contributed by atoms with Crippen molar-refractivity contribution in [3.63, 3.8) is 0 Å². The number of carbonyl (C=O) groups is 1. The molecular weight excluding hydrogens is 204 g/mol. The number of hydrogen-bond acceptors (Lipinski definition) is 3. The Labute approximate surface area is 97.4 Å². The number of rotatable bonds is 7. The fraction of sp³-hybridized carbons (Fsp3) is 0.750. The molecule has 0 spiro atoms. The molecule has 2 atom stereocenters. The summed E-state index contributed by atoms with van der Waals surface area (Å²) in [5, 5.41) is 6.08. The largest absolute Gasteiger partial charge is 0.379 e. The van der Waals surface area contributed by atoms with Crippen LogP contribution in [0.2, 0.25) is 0 Å². The van der Waals surface area contributed by atoms with Crippen LogP contribution >= 0.6 is 0 Å². The molecule has 0 aromatic heterocycles. The zero-order valence-electron chi connectivity index (χ0n) is 10.00. The van der Waals surface area contributed by atoms with Gasteiger partial charge in [0.1, 0.15) is 0 Å². The van der Waals surface area contributed by atoms with Crippen molar-refractivity contribution in [3.05, 3.63) is 12.7 Å². The number of hydrogen-bond donors (Lipinski definition) is 2. The monoisotopic (exact) mass is 226 g/mol. The summed E-state index contributed by atoms with van der Waals surface area (Å²) in [6, 6.07) is -0.0202. The molecule has 1 saturated heterocycles. The quantitative estimate of drug-likeness (QED) is 0.496. The second-order valence-corrected chi connectivity index (χ2v) is 4.18. The summed E-state index contributed by atoms with van der Waals surface area (Å²) >= 11 is 0. The van der Waals surface area contributed by atoms with Crippen LogP contribution in [0.3, 0.4) is 0 Å². The lowest BCUT2D eigenvalue weighted by Crippen LogP contribution is -2.44. The molecule has 1 amide bonds. The van der Waals surface area contributed by atoms with Crippen LogP contribution in [0.4, 0.5) is 0 Å². The van der Waals surface area contributed by atoms with Crippen LogP contribution in [-0.2, 0) is 9.53 Å². The van der Waals surface area contributed by atoms with Crippen LogP contribution in [0.25, 0.3) is 0 Å². The van der Waals surface area contributed by atoms with Crippen molar-refractivity contribution in [2.45, 2.75) is 25.8 Å². The third kappa shape index (κ3) is 4.33. The fourth-order valence-electron chi connectivity index (χ4n) is 1.81. The van der Waals surface area contributed by atoms with Gasteiger partial charge < -0.3 is 15.4 Å². The molecule has 1 heterocycles. The van der Waals surface area contributed by atoms with Gasteiger partial charge in [-0.1, -0.05) is 13.0 Å². The van der Waals surface area contributed by atoms with Crippen molar-refractivity contribution >= 4 is 5.91 Å². The third-order valence-corrected chi connectivity index (χ3v) is 2.83. The van der Waals surface area contributed by atoms with E-state index in [0.29, 0.717) is 25.7 Å².